The SMILES string of the molecule is O=C(O)CC(NC(=O)SCCc1ccccc1)C(=O)Cn1nnc(Sc2c(Cl)cccc2Cl)n1. The number of carboxylic acids is 1. The molecule has 9 nitrogen and oxygen atoms in total. The van der Waals surface area contributed by atoms with E-state index in [0.717, 1.165) is 33.9 Å². The lowest BCUT2D eigenvalue weighted by molar-refractivity contribution is -0.139. The van der Waals surface area contributed by atoms with Crippen LogP contribution in [0.4, 0.5) is 4.79 Å². The monoisotopic (exact) mass is 539 g/mol. The molecule has 0 saturated carbocycles. The van der Waals surface area contributed by atoms with Gasteiger partial charge in [-0.25, -0.2) is 0 Å². The maximum Gasteiger partial charge on any atom is 0.305 e. The number of carboxylic acid groups (broad SMARTS) is 1. The van der Waals surface area contributed by atoms with Gasteiger partial charge in [-0.2, -0.15) is 4.80 Å². The summed E-state index contributed by atoms with van der Waals surface area (Å²) in [7, 11) is 0. The molecule has 0 aliphatic rings. The van der Waals surface area contributed by atoms with Crippen LogP contribution in [0.15, 0.2) is 58.6 Å². The third kappa shape index (κ3) is 8.01. The van der Waals surface area contributed by atoms with Crippen LogP contribution < -0.4 is 5.32 Å². The zero-order chi connectivity index (χ0) is 24.5. The predicted molar refractivity (Wildman–Crippen MR) is 131 cm³/mol. The number of hydrogen-bond donors (Lipinski definition) is 2. The summed E-state index contributed by atoms with van der Waals surface area (Å²) >= 11 is 14.3. The molecule has 1 heterocycles. The largest absolute Gasteiger partial charge is 0.481 e. The molecule has 1 atom stereocenters. The fourth-order valence-corrected chi connectivity index (χ4v) is 4.87. The first-order valence-electron chi connectivity index (χ1n) is 9.93. The number of carbonyl (C=O) groups is 3. The Morgan fingerprint density at radius 1 is 1.06 bits per heavy atom. The van der Waals surface area contributed by atoms with Gasteiger partial charge in [-0.1, -0.05) is 71.4 Å². The van der Waals surface area contributed by atoms with Crippen LogP contribution in [0.25, 0.3) is 0 Å². The van der Waals surface area contributed by atoms with E-state index >= 15 is 0 Å². The van der Waals surface area contributed by atoms with Gasteiger partial charge in [0, 0.05) is 5.75 Å². The van der Waals surface area contributed by atoms with Crippen LogP contribution in [-0.2, 0) is 22.6 Å². The standard InChI is InChI=1S/C21H19Cl2N5O4S2/c22-14-7-4-8-15(23)19(14)34-20-25-27-28(26-20)12-17(29)16(11-18(30)31)24-21(32)33-10-9-13-5-2-1-3-6-13/h1-8,16H,9-12H2,(H,24,32)(H,30,31). The number of carbonyl (C=O) groups excluding carboxylic acids is 2. The van der Waals surface area contributed by atoms with Gasteiger partial charge in [0.25, 0.3) is 5.24 Å². The summed E-state index contributed by atoms with van der Waals surface area (Å²) in [5.74, 6) is -1.30. The normalized spacial score (nSPS) is 11.7. The van der Waals surface area contributed by atoms with Crippen molar-refractivity contribution in [3.8, 4) is 0 Å². The van der Waals surface area contributed by atoms with Crippen molar-refractivity contribution in [2.24, 2.45) is 0 Å². The number of aryl methyl sites for hydroxylation is 1. The summed E-state index contributed by atoms with van der Waals surface area (Å²) in [5, 5.41) is 24.0. The molecule has 3 aromatic rings. The zero-order valence-electron chi connectivity index (χ0n) is 17.6. The molecule has 1 amide bonds. The molecule has 0 radical (unpaired) electrons. The fourth-order valence-electron chi connectivity index (χ4n) is 2.77. The molecule has 3 rings (SSSR count). The van der Waals surface area contributed by atoms with Gasteiger partial charge in [-0.3, -0.25) is 14.4 Å². The number of aliphatic carboxylic acids is 1. The summed E-state index contributed by atoms with van der Waals surface area (Å²) < 4.78 is 0. The molecule has 2 N–H and O–H groups in total. The highest BCUT2D eigenvalue weighted by atomic mass is 35.5. The summed E-state index contributed by atoms with van der Waals surface area (Å²) in [5.41, 5.74) is 1.07. The molecule has 34 heavy (non-hydrogen) atoms. The molecule has 1 unspecified atom stereocenters. The molecule has 1 aromatic heterocycles. The maximum atomic E-state index is 12.7. The van der Waals surface area contributed by atoms with Crippen molar-refractivity contribution in [3.05, 3.63) is 64.1 Å². The van der Waals surface area contributed by atoms with E-state index in [0.29, 0.717) is 27.1 Å². The Balaban J connectivity index is 1.56. The summed E-state index contributed by atoms with van der Waals surface area (Å²) in [4.78, 5) is 37.8. The molecule has 0 fully saturated rings. The molecular weight excluding hydrogens is 521 g/mol. The number of amides is 1. The highest BCUT2D eigenvalue weighted by Gasteiger charge is 2.25. The number of tetrazole rings is 1. The molecule has 0 bridgehead atoms. The van der Waals surface area contributed by atoms with Crippen molar-refractivity contribution in [1.82, 2.24) is 25.5 Å². The first-order valence-corrected chi connectivity index (χ1v) is 12.5. The highest BCUT2D eigenvalue weighted by Crippen LogP contribution is 2.36. The van der Waals surface area contributed by atoms with Crippen LogP contribution in [0, 0.1) is 0 Å². The molecule has 2 aromatic carbocycles. The van der Waals surface area contributed by atoms with E-state index < -0.39 is 29.5 Å². The topological polar surface area (TPSA) is 127 Å². The summed E-state index contributed by atoms with van der Waals surface area (Å²) in [6.45, 7) is -0.364. The van der Waals surface area contributed by atoms with Crippen molar-refractivity contribution in [3.63, 3.8) is 0 Å². The lowest BCUT2D eigenvalue weighted by Crippen LogP contribution is -2.42. The number of ketones is 1. The Kier molecular flexibility index (Phi) is 9.75. The third-order valence-electron chi connectivity index (χ3n) is 4.37. The maximum absolute atomic E-state index is 12.7. The minimum Gasteiger partial charge on any atom is -0.481 e. The zero-order valence-corrected chi connectivity index (χ0v) is 20.7. The average molecular weight is 540 g/mol. The second-order valence-electron chi connectivity index (χ2n) is 6.89. The molecule has 13 heteroatoms. The van der Waals surface area contributed by atoms with E-state index in [-0.39, 0.29) is 11.7 Å². The van der Waals surface area contributed by atoms with E-state index in [1.165, 1.54) is 0 Å². The van der Waals surface area contributed by atoms with Crippen LogP contribution in [0.1, 0.15) is 12.0 Å². The highest BCUT2D eigenvalue weighted by molar-refractivity contribution is 8.13. The predicted octanol–water partition coefficient (Wildman–Crippen LogP) is 4.23. The van der Waals surface area contributed by atoms with Gasteiger partial charge >= 0.3 is 5.97 Å². The number of halogens is 2. The fraction of sp³-hybridized carbons (Fsp3) is 0.238. The van der Waals surface area contributed by atoms with Crippen LogP contribution in [0.2, 0.25) is 10.0 Å². The van der Waals surface area contributed by atoms with E-state index in [9.17, 15) is 14.4 Å². The number of benzene rings is 2. The number of nitrogens with zero attached hydrogens (tertiary/aromatic N) is 4. The van der Waals surface area contributed by atoms with E-state index in [1.807, 2.05) is 30.3 Å². The van der Waals surface area contributed by atoms with Gasteiger partial charge in [0.2, 0.25) is 5.16 Å². The van der Waals surface area contributed by atoms with Gasteiger partial charge in [-0.15, -0.1) is 10.2 Å². The molecule has 0 saturated heterocycles. The number of aromatic nitrogens is 4. The average Bonchev–Trinajstić information content (AvgIpc) is 3.23. The lowest BCUT2D eigenvalue weighted by Gasteiger charge is -2.15. The van der Waals surface area contributed by atoms with Crippen molar-refractivity contribution in [2.45, 2.75) is 35.5 Å². The number of hydrogen-bond acceptors (Lipinski definition) is 8. The van der Waals surface area contributed by atoms with Gasteiger partial charge < -0.3 is 10.4 Å². The van der Waals surface area contributed by atoms with Crippen LogP contribution in [0.3, 0.4) is 0 Å². The minimum absolute atomic E-state index is 0.207. The van der Waals surface area contributed by atoms with Crippen LogP contribution in [0.5, 0.6) is 0 Å². The van der Waals surface area contributed by atoms with Gasteiger partial charge in [0.15, 0.2) is 5.78 Å². The number of nitrogens with one attached hydrogen (secondary N) is 1. The Hall–Kier alpha value is -2.60. The van der Waals surface area contributed by atoms with Gasteiger partial charge in [-0.05, 0) is 41.1 Å². The summed E-state index contributed by atoms with van der Waals surface area (Å²) in [6, 6.07) is 13.4. The quantitative estimate of drug-likeness (QED) is 0.367. The Bertz CT molecular complexity index is 1140. The summed E-state index contributed by atoms with van der Waals surface area (Å²) in [6.07, 6.45) is 0.102. The second kappa shape index (κ2) is 12.7. The van der Waals surface area contributed by atoms with E-state index in [4.69, 9.17) is 28.3 Å². The van der Waals surface area contributed by atoms with E-state index in [1.54, 1.807) is 18.2 Å². The molecule has 0 aliphatic heterocycles. The molecular formula is C21H19Cl2N5O4S2. The van der Waals surface area contributed by atoms with Crippen molar-refractivity contribution in [1.29, 1.82) is 0 Å². The Morgan fingerprint density at radius 2 is 1.76 bits per heavy atom. The van der Waals surface area contributed by atoms with E-state index in [2.05, 4.69) is 20.7 Å². The van der Waals surface area contributed by atoms with Gasteiger partial charge in [0.1, 0.15) is 12.6 Å². The Morgan fingerprint density at radius 3 is 2.44 bits per heavy atom. The minimum atomic E-state index is -1.23. The van der Waals surface area contributed by atoms with Crippen molar-refractivity contribution in [2.75, 3.05) is 5.75 Å². The number of thioether (sulfide) groups is 1. The Labute approximate surface area is 213 Å². The first-order chi connectivity index (χ1) is 16.3. The number of rotatable bonds is 11. The second-order valence-corrected chi connectivity index (χ2v) is 9.75. The number of Topliss-reactive ketones (excluding diaryl/α,β-unsaturated/α-hetero) is 1. The smallest absolute Gasteiger partial charge is 0.305 e. The van der Waals surface area contributed by atoms with Crippen molar-refractivity contribution >= 4 is 63.7 Å². The third-order valence-corrected chi connectivity index (χ3v) is 7.00. The lowest BCUT2D eigenvalue weighted by atomic mass is 10.1. The molecule has 178 valence electrons. The van der Waals surface area contributed by atoms with Crippen LogP contribution >= 0.6 is 46.7 Å². The van der Waals surface area contributed by atoms with Gasteiger partial charge in [0.05, 0.1) is 21.4 Å². The molecule has 0 aliphatic carbocycles. The van der Waals surface area contributed by atoms with Crippen LogP contribution in [-0.4, -0.2) is 54.1 Å². The van der Waals surface area contributed by atoms with Crippen molar-refractivity contribution < 1.29 is 19.5 Å². The first kappa shape index (κ1) is 26.0. The molecule has 0 spiro atoms.